The van der Waals surface area contributed by atoms with E-state index in [1.54, 1.807) is 0 Å². The summed E-state index contributed by atoms with van der Waals surface area (Å²) in [6.45, 7) is 6.72. The van der Waals surface area contributed by atoms with Crippen LogP contribution < -0.4 is 10.2 Å². The molecule has 7 heteroatoms. The van der Waals surface area contributed by atoms with Crippen LogP contribution in [0.2, 0.25) is 0 Å². The molecule has 2 fully saturated rings. The van der Waals surface area contributed by atoms with Crippen LogP contribution in [0.3, 0.4) is 0 Å². The number of amides is 1. The molecule has 0 bridgehead atoms. The Morgan fingerprint density at radius 2 is 2.12 bits per heavy atom. The third kappa shape index (κ3) is 2.97. The molecule has 1 N–H and O–H groups in total. The Balaban J connectivity index is 1.40. The zero-order chi connectivity index (χ0) is 16.5. The third-order valence-electron chi connectivity index (χ3n) is 4.61. The molecule has 0 aliphatic carbocycles. The van der Waals surface area contributed by atoms with Gasteiger partial charge < -0.3 is 24.3 Å². The molecular formula is C17H22N4O3. The quantitative estimate of drug-likeness (QED) is 0.877. The predicted molar refractivity (Wildman–Crippen MR) is 90.1 cm³/mol. The van der Waals surface area contributed by atoms with E-state index in [1.807, 2.05) is 30.0 Å². The van der Waals surface area contributed by atoms with Crippen LogP contribution in [0, 0.1) is 6.92 Å². The van der Waals surface area contributed by atoms with Crippen LogP contribution in [0.5, 0.6) is 0 Å². The third-order valence-corrected chi connectivity index (χ3v) is 4.61. The second-order valence-electron chi connectivity index (χ2n) is 6.36. The zero-order valence-electron chi connectivity index (χ0n) is 13.8. The van der Waals surface area contributed by atoms with Gasteiger partial charge in [0.2, 0.25) is 5.91 Å². The van der Waals surface area contributed by atoms with Crippen molar-refractivity contribution >= 4 is 23.0 Å². The number of hydrogen-bond donors (Lipinski definition) is 1. The van der Waals surface area contributed by atoms with Crippen molar-refractivity contribution in [1.82, 2.24) is 15.2 Å². The topological polar surface area (TPSA) is 70.8 Å². The number of fused-ring (bicyclic) bond motifs is 1. The smallest absolute Gasteiger partial charge is 0.298 e. The first kappa shape index (κ1) is 15.4. The number of nitrogens with one attached hydrogen (secondary N) is 1. The van der Waals surface area contributed by atoms with Crippen molar-refractivity contribution in [3.8, 4) is 0 Å². The van der Waals surface area contributed by atoms with Gasteiger partial charge >= 0.3 is 0 Å². The average Bonchev–Trinajstić information content (AvgIpc) is 3.05. The summed E-state index contributed by atoms with van der Waals surface area (Å²) in [6, 6.07) is 6.43. The number of aromatic nitrogens is 1. The lowest BCUT2D eigenvalue weighted by Crippen LogP contribution is -2.57. The maximum Gasteiger partial charge on any atom is 0.298 e. The summed E-state index contributed by atoms with van der Waals surface area (Å²) in [5.41, 5.74) is 2.85. The second-order valence-corrected chi connectivity index (χ2v) is 6.36. The fourth-order valence-electron chi connectivity index (χ4n) is 3.22. The number of benzene rings is 1. The van der Waals surface area contributed by atoms with Gasteiger partial charge in [0.15, 0.2) is 5.58 Å². The van der Waals surface area contributed by atoms with E-state index in [1.165, 1.54) is 5.56 Å². The molecule has 128 valence electrons. The summed E-state index contributed by atoms with van der Waals surface area (Å²) in [5.74, 6) is 0.127. The van der Waals surface area contributed by atoms with Crippen molar-refractivity contribution < 1.29 is 13.9 Å². The van der Waals surface area contributed by atoms with Crippen LogP contribution in [-0.2, 0) is 9.53 Å². The van der Waals surface area contributed by atoms with Gasteiger partial charge in [-0.3, -0.25) is 4.79 Å². The molecule has 2 saturated heterocycles. The van der Waals surface area contributed by atoms with Crippen LogP contribution >= 0.6 is 0 Å². The highest BCUT2D eigenvalue weighted by molar-refractivity contribution is 5.82. The van der Waals surface area contributed by atoms with Crippen LogP contribution in [0.15, 0.2) is 22.6 Å². The van der Waals surface area contributed by atoms with Gasteiger partial charge in [-0.2, -0.15) is 4.98 Å². The molecule has 0 radical (unpaired) electrons. The Hall–Kier alpha value is -2.12. The van der Waals surface area contributed by atoms with E-state index >= 15 is 0 Å². The van der Waals surface area contributed by atoms with Crippen molar-refractivity contribution in [3.63, 3.8) is 0 Å². The molecule has 7 nitrogen and oxygen atoms in total. The molecule has 2 aliphatic rings. The zero-order valence-corrected chi connectivity index (χ0v) is 13.8. The van der Waals surface area contributed by atoms with Crippen LogP contribution in [0.4, 0.5) is 6.01 Å². The largest absolute Gasteiger partial charge is 0.423 e. The van der Waals surface area contributed by atoms with E-state index in [0.29, 0.717) is 32.3 Å². The van der Waals surface area contributed by atoms with Crippen LogP contribution in [0.1, 0.15) is 5.56 Å². The highest BCUT2D eigenvalue weighted by atomic mass is 16.5. The minimum atomic E-state index is -0.211. The van der Waals surface area contributed by atoms with Crippen molar-refractivity contribution in [1.29, 1.82) is 0 Å². The minimum Gasteiger partial charge on any atom is -0.423 e. The Kier molecular flexibility index (Phi) is 4.12. The van der Waals surface area contributed by atoms with Gasteiger partial charge in [0.05, 0.1) is 13.2 Å². The number of rotatable bonds is 2. The lowest BCUT2D eigenvalue weighted by atomic mass is 10.2. The maximum absolute atomic E-state index is 12.5. The van der Waals surface area contributed by atoms with E-state index in [-0.39, 0.29) is 11.9 Å². The Morgan fingerprint density at radius 1 is 1.29 bits per heavy atom. The van der Waals surface area contributed by atoms with Crippen LogP contribution in [0.25, 0.3) is 11.1 Å². The number of ether oxygens (including phenoxy) is 1. The Bertz CT molecular complexity index is 731. The molecule has 24 heavy (non-hydrogen) atoms. The van der Waals surface area contributed by atoms with Crippen molar-refractivity contribution in [2.45, 2.75) is 13.0 Å². The summed E-state index contributed by atoms with van der Waals surface area (Å²) in [6.07, 6.45) is 0. The molecule has 1 amide bonds. The fraction of sp³-hybridized carbons (Fsp3) is 0.529. The first-order valence-electron chi connectivity index (χ1n) is 8.43. The lowest BCUT2D eigenvalue weighted by Gasteiger charge is -2.36. The summed E-state index contributed by atoms with van der Waals surface area (Å²) >= 11 is 0. The molecular weight excluding hydrogens is 308 g/mol. The van der Waals surface area contributed by atoms with Gasteiger partial charge in [-0.1, -0.05) is 6.07 Å². The Labute approximate surface area is 140 Å². The fourth-order valence-corrected chi connectivity index (χ4v) is 3.22. The monoisotopic (exact) mass is 330 g/mol. The van der Waals surface area contributed by atoms with Gasteiger partial charge in [0.25, 0.3) is 6.01 Å². The highest BCUT2D eigenvalue weighted by Gasteiger charge is 2.29. The van der Waals surface area contributed by atoms with Crippen LogP contribution in [-0.4, -0.2) is 67.8 Å². The normalized spacial score (nSPS) is 22.1. The number of morpholine rings is 1. The number of anilines is 1. The molecule has 2 aromatic rings. The molecule has 1 aromatic carbocycles. The van der Waals surface area contributed by atoms with Gasteiger partial charge in [0, 0.05) is 32.7 Å². The number of piperazine rings is 1. The number of oxazole rings is 1. The molecule has 1 aromatic heterocycles. The summed E-state index contributed by atoms with van der Waals surface area (Å²) in [7, 11) is 0. The Morgan fingerprint density at radius 3 is 2.88 bits per heavy atom. The standard InChI is InChI=1S/C17H22N4O3/c1-12-2-3-15-13(10-12)19-17(24-15)21-7-5-20(6-8-21)16(22)14-11-23-9-4-18-14/h2-3,10,14,18H,4-9,11H2,1H3. The average molecular weight is 330 g/mol. The SMILES string of the molecule is Cc1ccc2oc(N3CCN(C(=O)C4COCCN4)CC3)nc2c1. The van der Waals surface area contributed by atoms with Gasteiger partial charge in [-0.05, 0) is 24.6 Å². The number of hydrogen-bond acceptors (Lipinski definition) is 6. The predicted octanol–water partition coefficient (Wildman–Crippen LogP) is 0.773. The summed E-state index contributed by atoms with van der Waals surface area (Å²) in [5, 5.41) is 3.22. The van der Waals surface area contributed by atoms with E-state index in [2.05, 4.69) is 15.2 Å². The molecule has 0 spiro atoms. The van der Waals surface area contributed by atoms with Crippen molar-refractivity contribution in [3.05, 3.63) is 23.8 Å². The van der Waals surface area contributed by atoms with E-state index in [4.69, 9.17) is 9.15 Å². The highest BCUT2D eigenvalue weighted by Crippen LogP contribution is 2.23. The van der Waals surface area contributed by atoms with E-state index < -0.39 is 0 Å². The number of carbonyl (C=O) groups excluding carboxylic acids is 1. The molecule has 3 heterocycles. The van der Waals surface area contributed by atoms with Gasteiger partial charge in [-0.15, -0.1) is 0 Å². The molecule has 1 atom stereocenters. The molecule has 4 rings (SSSR count). The second kappa shape index (κ2) is 6.41. The van der Waals surface area contributed by atoms with E-state index in [9.17, 15) is 4.79 Å². The minimum absolute atomic E-state index is 0.127. The number of aryl methyl sites for hydroxylation is 1. The number of nitrogens with zero attached hydrogens (tertiary/aromatic N) is 3. The number of carbonyl (C=O) groups is 1. The molecule has 0 saturated carbocycles. The summed E-state index contributed by atoms with van der Waals surface area (Å²) in [4.78, 5) is 21.1. The van der Waals surface area contributed by atoms with Gasteiger partial charge in [-0.25, -0.2) is 0 Å². The van der Waals surface area contributed by atoms with Gasteiger partial charge in [0.1, 0.15) is 11.6 Å². The van der Waals surface area contributed by atoms with Crippen molar-refractivity contribution in [2.75, 3.05) is 50.8 Å². The molecule has 2 aliphatic heterocycles. The summed E-state index contributed by atoms with van der Waals surface area (Å²) < 4.78 is 11.2. The first-order chi connectivity index (χ1) is 11.7. The lowest BCUT2D eigenvalue weighted by molar-refractivity contribution is -0.136. The first-order valence-corrected chi connectivity index (χ1v) is 8.43. The maximum atomic E-state index is 12.5. The van der Waals surface area contributed by atoms with E-state index in [0.717, 1.165) is 30.7 Å². The van der Waals surface area contributed by atoms with Crippen molar-refractivity contribution in [2.24, 2.45) is 0 Å². The molecule has 1 unspecified atom stereocenters.